The van der Waals surface area contributed by atoms with E-state index < -0.39 is 0 Å². The minimum absolute atomic E-state index is 0.140. The van der Waals surface area contributed by atoms with Gasteiger partial charge in [0, 0.05) is 18.6 Å². The molecule has 1 amide bonds. The van der Waals surface area contributed by atoms with Crippen LogP contribution in [0.15, 0.2) is 0 Å². The van der Waals surface area contributed by atoms with Gasteiger partial charge < -0.3 is 5.32 Å². The van der Waals surface area contributed by atoms with Gasteiger partial charge in [0.15, 0.2) is 0 Å². The molecular formula is C15H28N2O. The Bertz CT molecular complexity index is 294. The van der Waals surface area contributed by atoms with Crippen molar-refractivity contribution in [1.29, 1.82) is 0 Å². The molecule has 104 valence electrons. The van der Waals surface area contributed by atoms with Crippen LogP contribution in [0.25, 0.3) is 0 Å². The van der Waals surface area contributed by atoms with Crippen LogP contribution in [0, 0.1) is 11.3 Å². The fourth-order valence-corrected chi connectivity index (χ4v) is 2.99. The van der Waals surface area contributed by atoms with Crippen molar-refractivity contribution >= 4 is 5.91 Å². The molecule has 3 nitrogen and oxygen atoms in total. The molecule has 0 aromatic heterocycles. The highest BCUT2D eigenvalue weighted by Crippen LogP contribution is 2.31. The molecule has 2 rings (SSSR count). The van der Waals surface area contributed by atoms with Crippen molar-refractivity contribution in [2.75, 3.05) is 13.1 Å². The van der Waals surface area contributed by atoms with Crippen LogP contribution in [0.4, 0.5) is 0 Å². The number of carbonyl (C=O) groups is 1. The van der Waals surface area contributed by atoms with Gasteiger partial charge in [-0.1, -0.05) is 27.2 Å². The van der Waals surface area contributed by atoms with Gasteiger partial charge in [0.1, 0.15) is 0 Å². The minimum Gasteiger partial charge on any atom is -0.353 e. The Kier molecular flexibility index (Phi) is 4.00. The Hall–Kier alpha value is -0.570. The maximum absolute atomic E-state index is 12.3. The van der Waals surface area contributed by atoms with E-state index in [1.54, 1.807) is 0 Å². The molecule has 2 fully saturated rings. The standard InChI is InChI=1S/C15H28N2O/c1-11(15(2,3)4)16-14(18)12-9-13-7-5-6-8-17(13)10-12/h11-13H,5-10H2,1-4H3,(H,16,18)/t11-,12+,13+/m0/s1. The molecule has 3 atom stereocenters. The molecule has 0 aliphatic carbocycles. The van der Waals surface area contributed by atoms with Crippen molar-refractivity contribution in [3.63, 3.8) is 0 Å². The molecule has 18 heavy (non-hydrogen) atoms. The highest BCUT2D eigenvalue weighted by Gasteiger charge is 2.37. The van der Waals surface area contributed by atoms with Gasteiger partial charge in [-0.25, -0.2) is 0 Å². The summed E-state index contributed by atoms with van der Waals surface area (Å²) in [6.45, 7) is 10.8. The van der Waals surface area contributed by atoms with Crippen molar-refractivity contribution in [3.8, 4) is 0 Å². The predicted octanol–water partition coefficient (Wildman–Crippen LogP) is 2.41. The van der Waals surface area contributed by atoms with Crippen molar-refractivity contribution in [2.24, 2.45) is 11.3 Å². The molecular weight excluding hydrogens is 224 g/mol. The molecule has 0 aromatic carbocycles. The highest BCUT2D eigenvalue weighted by atomic mass is 16.2. The Morgan fingerprint density at radius 2 is 2.06 bits per heavy atom. The van der Waals surface area contributed by atoms with Gasteiger partial charge in [0.25, 0.3) is 0 Å². The Morgan fingerprint density at radius 1 is 1.33 bits per heavy atom. The van der Waals surface area contributed by atoms with Crippen molar-refractivity contribution in [1.82, 2.24) is 10.2 Å². The Balaban J connectivity index is 1.87. The molecule has 0 bridgehead atoms. The number of nitrogens with zero attached hydrogens (tertiary/aromatic N) is 1. The van der Waals surface area contributed by atoms with Crippen molar-refractivity contribution < 1.29 is 4.79 Å². The van der Waals surface area contributed by atoms with Crippen molar-refractivity contribution in [2.45, 2.75) is 65.5 Å². The average Bonchev–Trinajstić information content (AvgIpc) is 2.71. The summed E-state index contributed by atoms with van der Waals surface area (Å²) in [6, 6.07) is 0.919. The largest absolute Gasteiger partial charge is 0.353 e. The van der Waals surface area contributed by atoms with E-state index in [0.29, 0.717) is 6.04 Å². The maximum atomic E-state index is 12.3. The van der Waals surface area contributed by atoms with Crippen molar-refractivity contribution in [3.05, 3.63) is 0 Å². The molecule has 2 aliphatic rings. The zero-order valence-corrected chi connectivity index (χ0v) is 12.3. The number of piperidine rings is 1. The summed E-state index contributed by atoms with van der Waals surface area (Å²) < 4.78 is 0. The minimum atomic E-state index is 0.140. The SMILES string of the molecule is C[C@H](NC(=O)[C@@H]1C[C@H]2CCCCN2C1)C(C)(C)C. The lowest BCUT2D eigenvalue weighted by atomic mass is 9.87. The van der Waals surface area contributed by atoms with Gasteiger partial charge in [-0.15, -0.1) is 0 Å². The van der Waals surface area contributed by atoms with Gasteiger partial charge in [-0.3, -0.25) is 9.69 Å². The van der Waals surface area contributed by atoms with Crippen LogP contribution >= 0.6 is 0 Å². The second-order valence-corrected chi connectivity index (χ2v) is 7.17. The van der Waals surface area contributed by atoms with E-state index in [1.807, 2.05) is 0 Å². The van der Waals surface area contributed by atoms with Crippen LogP contribution < -0.4 is 5.32 Å². The molecule has 0 unspecified atom stereocenters. The first-order valence-corrected chi connectivity index (χ1v) is 7.42. The summed E-state index contributed by atoms with van der Waals surface area (Å²) >= 11 is 0. The lowest BCUT2D eigenvalue weighted by Gasteiger charge is -2.29. The number of nitrogens with one attached hydrogen (secondary N) is 1. The molecule has 3 heteroatoms. The summed E-state index contributed by atoms with van der Waals surface area (Å²) in [7, 11) is 0. The number of rotatable bonds is 2. The Labute approximate surface area is 111 Å². The number of fused-ring (bicyclic) bond motifs is 1. The van der Waals surface area contributed by atoms with E-state index in [4.69, 9.17) is 0 Å². The number of hydrogen-bond acceptors (Lipinski definition) is 2. The topological polar surface area (TPSA) is 32.3 Å². The zero-order valence-electron chi connectivity index (χ0n) is 12.3. The third-order valence-electron chi connectivity index (χ3n) is 4.79. The summed E-state index contributed by atoms with van der Waals surface area (Å²) in [4.78, 5) is 14.8. The summed E-state index contributed by atoms with van der Waals surface area (Å²) in [6.07, 6.45) is 5.01. The molecule has 1 N–H and O–H groups in total. The maximum Gasteiger partial charge on any atom is 0.224 e. The van der Waals surface area contributed by atoms with E-state index in [2.05, 4.69) is 37.9 Å². The quantitative estimate of drug-likeness (QED) is 0.818. The Morgan fingerprint density at radius 3 is 2.67 bits per heavy atom. The van der Waals surface area contributed by atoms with E-state index in [0.717, 1.165) is 13.0 Å². The smallest absolute Gasteiger partial charge is 0.224 e. The summed E-state index contributed by atoms with van der Waals surface area (Å²) in [5.74, 6) is 0.490. The number of hydrogen-bond donors (Lipinski definition) is 1. The molecule has 0 saturated carbocycles. The van der Waals surface area contributed by atoms with E-state index in [9.17, 15) is 4.79 Å². The normalized spacial score (nSPS) is 30.9. The first-order valence-electron chi connectivity index (χ1n) is 7.42. The molecule has 0 spiro atoms. The van der Waals surface area contributed by atoms with Gasteiger partial charge in [0.05, 0.1) is 5.92 Å². The lowest BCUT2D eigenvalue weighted by molar-refractivity contribution is -0.126. The second-order valence-electron chi connectivity index (χ2n) is 7.17. The van der Waals surface area contributed by atoms with E-state index in [1.165, 1.54) is 25.8 Å². The third kappa shape index (κ3) is 3.05. The van der Waals surface area contributed by atoms with Crippen LogP contribution in [0.5, 0.6) is 0 Å². The third-order valence-corrected chi connectivity index (χ3v) is 4.79. The fraction of sp³-hybridized carbons (Fsp3) is 0.933. The van der Waals surface area contributed by atoms with Crippen LogP contribution in [0.2, 0.25) is 0 Å². The zero-order chi connectivity index (χ0) is 13.3. The van der Waals surface area contributed by atoms with Crippen LogP contribution in [0.3, 0.4) is 0 Å². The second kappa shape index (κ2) is 5.20. The van der Waals surface area contributed by atoms with Gasteiger partial charge in [0.2, 0.25) is 5.91 Å². The molecule has 0 radical (unpaired) electrons. The predicted molar refractivity (Wildman–Crippen MR) is 74.4 cm³/mol. The van der Waals surface area contributed by atoms with E-state index >= 15 is 0 Å². The average molecular weight is 252 g/mol. The van der Waals surface area contributed by atoms with Crippen LogP contribution in [-0.4, -0.2) is 36.0 Å². The van der Waals surface area contributed by atoms with Crippen LogP contribution in [0.1, 0.15) is 53.4 Å². The van der Waals surface area contributed by atoms with E-state index in [-0.39, 0.29) is 23.3 Å². The number of amides is 1. The fourth-order valence-electron chi connectivity index (χ4n) is 2.99. The van der Waals surface area contributed by atoms with Crippen LogP contribution in [-0.2, 0) is 4.79 Å². The van der Waals surface area contributed by atoms with Gasteiger partial charge >= 0.3 is 0 Å². The summed E-state index contributed by atoms with van der Waals surface area (Å²) in [5, 5.41) is 3.21. The first-order chi connectivity index (χ1) is 8.38. The van der Waals surface area contributed by atoms with Gasteiger partial charge in [-0.05, 0) is 38.1 Å². The monoisotopic (exact) mass is 252 g/mol. The first kappa shape index (κ1) is 13.9. The lowest BCUT2D eigenvalue weighted by Crippen LogP contribution is -2.44. The highest BCUT2D eigenvalue weighted by molar-refractivity contribution is 5.79. The molecule has 2 saturated heterocycles. The molecule has 2 heterocycles. The van der Waals surface area contributed by atoms with Gasteiger partial charge in [-0.2, -0.15) is 0 Å². The molecule has 2 aliphatic heterocycles. The summed E-state index contributed by atoms with van der Waals surface area (Å²) in [5.41, 5.74) is 0.140. The molecule has 0 aromatic rings. The number of carbonyl (C=O) groups excluding carboxylic acids is 1.